The Morgan fingerprint density at radius 3 is 2.33 bits per heavy atom. The summed E-state index contributed by atoms with van der Waals surface area (Å²) in [4.78, 5) is 27.0. The number of rotatable bonds is 8. The first-order valence-corrected chi connectivity index (χ1v) is 9.20. The van der Waals surface area contributed by atoms with Crippen molar-refractivity contribution in [3.8, 4) is 5.75 Å². The van der Waals surface area contributed by atoms with E-state index < -0.39 is 0 Å². The molecule has 0 aliphatic carbocycles. The molecule has 0 spiro atoms. The monoisotopic (exact) mass is 364 g/mol. The Morgan fingerprint density at radius 1 is 0.963 bits per heavy atom. The Bertz CT molecular complexity index is 927. The van der Waals surface area contributed by atoms with Crippen LogP contribution >= 0.6 is 0 Å². The van der Waals surface area contributed by atoms with E-state index >= 15 is 0 Å². The Balaban J connectivity index is 1.83. The van der Waals surface area contributed by atoms with Crippen LogP contribution in [0.4, 0.5) is 0 Å². The van der Waals surface area contributed by atoms with Gasteiger partial charge in [-0.1, -0.05) is 36.4 Å². The third-order valence-corrected chi connectivity index (χ3v) is 4.62. The predicted octanol–water partition coefficient (Wildman–Crippen LogP) is 3.77. The average molecular weight is 364 g/mol. The normalized spacial score (nSPS) is 10.7. The highest BCUT2D eigenvalue weighted by molar-refractivity contribution is 6.09. The molecule has 5 heteroatoms. The fourth-order valence-electron chi connectivity index (χ4n) is 3.17. The third kappa shape index (κ3) is 4.19. The van der Waals surface area contributed by atoms with Crippen molar-refractivity contribution in [1.82, 2.24) is 9.47 Å². The number of ether oxygens (including phenoxy) is 1. The fraction of sp³-hybridized carbons (Fsp3) is 0.273. The van der Waals surface area contributed by atoms with Crippen LogP contribution in [0.3, 0.4) is 0 Å². The minimum atomic E-state index is -0.107. The molecule has 0 fully saturated rings. The van der Waals surface area contributed by atoms with Crippen molar-refractivity contribution < 1.29 is 14.3 Å². The van der Waals surface area contributed by atoms with Gasteiger partial charge < -0.3 is 14.2 Å². The Morgan fingerprint density at radius 2 is 1.63 bits per heavy atom. The molecule has 0 atom stereocenters. The number of ketones is 1. The summed E-state index contributed by atoms with van der Waals surface area (Å²) in [6.45, 7) is 5.45. The van der Waals surface area contributed by atoms with Crippen LogP contribution in [0.25, 0.3) is 10.9 Å². The number of fused-ring (bicyclic) bond motifs is 1. The van der Waals surface area contributed by atoms with Crippen LogP contribution in [0.15, 0.2) is 60.8 Å². The van der Waals surface area contributed by atoms with Crippen molar-refractivity contribution in [3.63, 3.8) is 0 Å². The van der Waals surface area contributed by atoms with Gasteiger partial charge in [-0.3, -0.25) is 9.59 Å². The molecule has 0 unspecified atom stereocenters. The minimum Gasteiger partial charge on any atom is -0.485 e. The molecule has 3 rings (SSSR count). The van der Waals surface area contributed by atoms with Crippen molar-refractivity contribution in [3.05, 3.63) is 66.4 Å². The zero-order chi connectivity index (χ0) is 19.2. The van der Waals surface area contributed by atoms with E-state index in [9.17, 15) is 9.59 Å². The number of Topliss-reactive ketones (excluding diaryl/α,β-unsaturated/α-hetero) is 1. The van der Waals surface area contributed by atoms with E-state index in [1.165, 1.54) is 0 Å². The number of carbonyl (C=O) groups is 2. The van der Waals surface area contributed by atoms with Gasteiger partial charge in [-0.25, -0.2) is 0 Å². The van der Waals surface area contributed by atoms with E-state index in [1.807, 2.05) is 73.0 Å². The summed E-state index contributed by atoms with van der Waals surface area (Å²) in [7, 11) is 0. The smallest absolute Gasteiger partial charge is 0.242 e. The van der Waals surface area contributed by atoms with Gasteiger partial charge in [-0.05, 0) is 32.0 Å². The molecule has 140 valence electrons. The highest BCUT2D eigenvalue weighted by atomic mass is 16.5. The molecule has 0 saturated carbocycles. The lowest BCUT2D eigenvalue weighted by Crippen LogP contribution is -2.33. The third-order valence-electron chi connectivity index (χ3n) is 4.62. The summed E-state index contributed by atoms with van der Waals surface area (Å²) >= 11 is 0. The first-order valence-electron chi connectivity index (χ1n) is 9.20. The number of amides is 1. The number of para-hydroxylation sites is 2. The number of hydrogen-bond donors (Lipinski definition) is 0. The molecule has 2 aromatic carbocycles. The summed E-state index contributed by atoms with van der Waals surface area (Å²) in [5, 5.41) is 0.839. The van der Waals surface area contributed by atoms with Gasteiger partial charge in [0.15, 0.2) is 6.61 Å². The standard InChI is InChI=1S/C22H24N2O3/c1-3-23(4-2)22(26)15-24-14-19(18-12-8-9-13-20(18)24)21(25)16-27-17-10-6-5-7-11-17/h5-14H,3-4,15-16H2,1-2H3. The van der Waals surface area contributed by atoms with Crippen molar-refractivity contribution in [2.45, 2.75) is 20.4 Å². The number of likely N-dealkylation sites (N-methyl/N-ethyl adjacent to an activating group) is 1. The van der Waals surface area contributed by atoms with Crippen LogP contribution in [-0.4, -0.2) is 40.9 Å². The molecular formula is C22H24N2O3. The maximum Gasteiger partial charge on any atom is 0.242 e. The molecule has 1 amide bonds. The summed E-state index contributed by atoms with van der Waals surface area (Å²) in [6.07, 6.45) is 1.77. The van der Waals surface area contributed by atoms with E-state index in [0.29, 0.717) is 24.4 Å². The summed E-state index contributed by atoms with van der Waals surface area (Å²) in [6, 6.07) is 16.9. The maximum absolute atomic E-state index is 12.7. The molecule has 1 aromatic heterocycles. The van der Waals surface area contributed by atoms with Gasteiger partial charge in [0, 0.05) is 35.8 Å². The predicted molar refractivity (Wildman–Crippen MR) is 106 cm³/mol. The minimum absolute atomic E-state index is 0.0397. The van der Waals surface area contributed by atoms with Crippen LogP contribution in [0.1, 0.15) is 24.2 Å². The van der Waals surface area contributed by atoms with E-state index in [0.717, 1.165) is 10.9 Å². The number of nitrogens with zero attached hydrogens (tertiary/aromatic N) is 2. The lowest BCUT2D eigenvalue weighted by molar-refractivity contribution is -0.131. The second-order valence-electron chi connectivity index (χ2n) is 6.28. The second-order valence-corrected chi connectivity index (χ2v) is 6.28. The van der Waals surface area contributed by atoms with Gasteiger partial charge in [0.1, 0.15) is 12.3 Å². The van der Waals surface area contributed by atoms with E-state index in [1.54, 1.807) is 11.1 Å². The highest BCUT2D eigenvalue weighted by Gasteiger charge is 2.18. The van der Waals surface area contributed by atoms with Crippen molar-refractivity contribution in [2.75, 3.05) is 19.7 Å². The number of carbonyl (C=O) groups excluding carboxylic acids is 2. The molecule has 5 nitrogen and oxygen atoms in total. The Kier molecular flexibility index (Phi) is 5.91. The molecule has 0 saturated heterocycles. The topological polar surface area (TPSA) is 51.5 Å². The van der Waals surface area contributed by atoms with E-state index in [-0.39, 0.29) is 24.8 Å². The van der Waals surface area contributed by atoms with E-state index in [2.05, 4.69) is 0 Å². The van der Waals surface area contributed by atoms with Crippen molar-refractivity contribution >= 4 is 22.6 Å². The molecule has 0 aliphatic rings. The molecule has 0 N–H and O–H groups in total. The zero-order valence-electron chi connectivity index (χ0n) is 15.7. The molecule has 0 radical (unpaired) electrons. The van der Waals surface area contributed by atoms with Gasteiger partial charge in [0.25, 0.3) is 0 Å². The lowest BCUT2D eigenvalue weighted by Gasteiger charge is -2.19. The van der Waals surface area contributed by atoms with Crippen LogP contribution in [0.5, 0.6) is 5.75 Å². The zero-order valence-corrected chi connectivity index (χ0v) is 15.7. The summed E-state index contributed by atoms with van der Waals surface area (Å²) < 4.78 is 7.45. The molecule has 27 heavy (non-hydrogen) atoms. The SMILES string of the molecule is CCN(CC)C(=O)Cn1cc(C(=O)COc2ccccc2)c2ccccc21. The molecule has 0 aliphatic heterocycles. The Labute approximate surface area is 159 Å². The Hall–Kier alpha value is -3.08. The quantitative estimate of drug-likeness (QED) is 0.572. The first-order chi connectivity index (χ1) is 13.1. The van der Waals surface area contributed by atoms with Crippen LogP contribution in [-0.2, 0) is 11.3 Å². The average Bonchev–Trinajstić information content (AvgIpc) is 3.06. The largest absolute Gasteiger partial charge is 0.485 e. The summed E-state index contributed by atoms with van der Waals surface area (Å²) in [5.41, 5.74) is 1.45. The van der Waals surface area contributed by atoms with Gasteiger partial charge in [0.05, 0.1) is 0 Å². The molecule has 1 heterocycles. The first kappa shape index (κ1) is 18.7. The maximum atomic E-state index is 12.7. The van der Waals surface area contributed by atoms with E-state index in [4.69, 9.17) is 4.74 Å². The lowest BCUT2D eigenvalue weighted by atomic mass is 10.1. The van der Waals surface area contributed by atoms with Crippen LogP contribution in [0, 0.1) is 0 Å². The fourth-order valence-corrected chi connectivity index (χ4v) is 3.17. The molecular weight excluding hydrogens is 340 g/mol. The number of aromatic nitrogens is 1. The molecule has 0 bridgehead atoms. The van der Waals surface area contributed by atoms with Gasteiger partial charge in [-0.2, -0.15) is 0 Å². The van der Waals surface area contributed by atoms with Crippen LogP contribution in [0.2, 0.25) is 0 Å². The van der Waals surface area contributed by atoms with Crippen molar-refractivity contribution in [2.24, 2.45) is 0 Å². The van der Waals surface area contributed by atoms with Crippen LogP contribution < -0.4 is 4.74 Å². The summed E-state index contributed by atoms with van der Waals surface area (Å²) in [5.74, 6) is 0.593. The van der Waals surface area contributed by atoms with Crippen molar-refractivity contribution in [1.29, 1.82) is 0 Å². The van der Waals surface area contributed by atoms with Gasteiger partial charge in [0.2, 0.25) is 11.7 Å². The number of benzene rings is 2. The highest BCUT2D eigenvalue weighted by Crippen LogP contribution is 2.22. The number of hydrogen-bond acceptors (Lipinski definition) is 3. The van der Waals surface area contributed by atoms with Gasteiger partial charge in [-0.15, -0.1) is 0 Å². The second kappa shape index (κ2) is 8.54. The van der Waals surface area contributed by atoms with Gasteiger partial charge >= 0.3 is 0 Å². The molecule has 3 aromatic rings.